The van der Waals surface area contributed by atoms with E-state index in [1.54, 1.807) is 24.3 Å². The lowest BCUT2D eigenvalue weighted by Crippen LogP contribution is -2.25. The van der Waals surface area contributed by atoms with Gasteiger partial charge in [0.25, 0.3) is 11.8 Å². The highest BCUT2D eigenvalue weighted by Gasteiger charge is 2.11. The molecule has 0 aliphatic carbocycles. The highest BCUT2D eigenvalue weighted by atomic mass is 16.2. The van der Waals surface area contributed by atoms with E-state index in [2.05, 4.69) is 15.6 Å². The molecular weight excluding hydrogens is 292 g/mol. The molecule has 1 aromatic carbocycles. The summed E-state index contributed by atoms with van der Waals surface area (Å²) in [6, 6.07) is 11.5. The summed E-state index contributed by atoms with van der Waals surface area (Å²) >= 11 is 0. The van der Waals surface area contributed by atoms with Crippen molar-refractivity contribution in [1.82, 2.24) is 10.3 Å². The quantitative estimate of drug-likeness (QED) is 0.886. The average Bonchev–Trinajstić information content (AvgIpc) is 2.60. The third-order valence-corrected chi connectivity index (χ3v) is 3.06. The Hall–Kier alpha value is -3.20. The van der Waals surface area contributed by atoms with Crippen LogP contribution in [0, 0.1) is 11.3 Å². The highest BCUT2D eigenvalue weighted by molar-refractivity contribution is 6.05. The van der Waals surface area contributed by atoms with Crippen molar-refractivity contribution in [3.8, 4) is 6.07 Å². The van der Waals surface area contributed by atoms with Crippen molar-refractivity contribution in [1.29, 1.82) is 5.26 Å². The summed E-state index contributed by atoms with van der Waals surface area (Å²) in [6.45, 7) is 2.51. The van der Waals surface area contributed by atoms with Gasteiger partial charge in [-0.2, -0.15) is 5.26 Å². The number of nitrogens with zero attached hydrogens (tertiary/aromatic N) is 2. The molecule has 6 nitrogen and oxygen atoms in total. The van der Waals surface area contributed by atoms with Crippen molar-refractivity contribution in [3.63, 3.8) is 0 Å². The number of benzene rings is 1. The maximum Gasteiger partial charge on any atom is 0.269 e. The van der Waals surface area contributed by atoms with Crippen LogP contribution in [-0.2, 0) is 0 Å². The van der Waals surface area contributed by atoms with Gasteiger partial charge in [0, 0.05) is 24.0 Å². The molecule has 0 aliphatic heterocycles. The Morgan fingerprint density at radius 2 is 1.91 bits per heavy atom. The second kappa shape index (κ2) is 7.71. The van der Waals surface area contributed by atoms with Crippen molar-refractivity contribution >= 4 is 17.5 Å². The summed E-state index contributed by atoms with van der Waals surface area (Å²) in [5.74, 6) is -0.651. The molecule has 1 heterocycles. The molecule has 0 radical (unpaired) electrons. The minimum absolute atomic E-state index is 0.200. The first kappa shape index (κ1) is 16.2. The Bertz CT molecular complexity index is 748. The third kappa shape index (κ3) is 4.38. The molecule has 1 aromatic heterocycles. The van der Waals surface area contributed by atoms with Gasteiger partial charge in [0.05, 0.1) is 11.6 Å². The normalized spacial score (nSPS) is 9.74. The van der Waals surface area contributed by atoms with E-state index < -0.39 is 0 Å². The zero-order valence-corrected chi connectivity index (χ0v) is 12.7. The number of carbonyl (C=O) groups is 2. The van der Waals surface area contributed by atoms with Gasteiger partial charge in [-0.3, -0.25) is 14.6 Å². The van der Waals surface area contributed by atoms with Crippen LogP contribution in [0.2, 0.25) is 0 Å². The lowest BCUT2D eigenvalue weighted by atomic mass is 10.2. The lowest BCUT2D eigenvalue weighted by molar-refractivity contribution is 0.0948. The second-order valence-electron chi connectivity index (χ2n) is 4.83. The molecule has 0 bridgehead atoms. The van der Waals surface area contributed by atoms with E-state index in [9.17, 15) is 9.59 Å². The number of amides is 2. The van der Waals surface area contributed by atoms with Gasteiger partial charge in [0.2, 0.25) is 0 Å². The summed E-state index contributed by atoms with van der Waals surface area (Å²) in [5.41, 5.74) is 1.63. The van der Waals surface area contributed by atoms with Crippen LogP contribution in [0.15, 0.2) is 42.6 Å². The van der Waals surface area contributed by atoms with Crippen LogP contribution in [0.25, 0.3) is 0 Å². The van der Waals surface area contributed by atoms with Crippen molar-refractivity contribution in [3.05, 3.63) is 59.4 Å². The van der Waals surface area contributed by atoms with Gasteiger partial charge in [-0.1, -0.05) is 6.92 Å². The number of nitrogens with one attached hydrogen (secondary N) is 2. The highest BCUT2D eigenvalue weighted by Crippen LogP contribution is 2.11. The zero-order valence-electron chi connectivity index (χ0n) is 12.7. The zero-order chi connectivity index (χ0) is 16.7. The second-order valence-corrected chi connectivity index (χ2v) is 4.83. The number of anilines is 1. The van der Waals surface area contributed by atoms with Crippen LogP contribution in [0.3, 0.4) is 0 Å². The molecule has 0 saturated carbocycles. The van der Waals surface area contributed by atoms with Crippen LogP contribution < -0.4 is 10.6 Å². The van der Waals surface area contributed by atoms with E-state index in [0.29, 0.717) is 23.4 Å². The van der Waals surface area contributed by atoms with Gasteiger partial charge in [0.1, 0.15) is 5.69 Å². The third-order valence-electron chi connectivity index (χ3n) is 3.06. The molecule has 0 aliphatic rings. The molecule has 0 unspecified atom stereocenters. The molecule has 23 heavy (non-hydrogen) atoms. The molecule has 2 amide bonds. The van der Waals surface area contributed by atoms with Gasteiger partial charge in [-0.05, 0) is 42.8 Å². The van der Waals surface area contributed by atoms with Crippen molar-refractivity contribution in [2.24, 2.45) is 0 Å². The molecule has 2 N–H and O–H groups in total. The fraction of sp³-hybridized carbons (Fsp3) is 0.176. The molecule has 2 rings (SSSR count). The van der Waals surface area contributed by atoms with E-state index in [1.807, 2.05) is 13.0 Å². The first-order chi connectivity index (χ1) is 11.1. The fourth-order valence-electron chi connectivity index (χ4n) is 1.86. The van der Waals surface area contributed by atoms with Crippen LogP contribution in [-0.4, -0.2) is 23.3 Å². The van der Waals surface area contributed by atoms with E-state index in [-0.39, 0.29) is 17.5 Å². The number of aromatic nitrogens is 1. The van der Waals surface area contributed by atoms with Crippen LogP contribution in [0.4, 0.5) is 5.69 Å². The summed E-state index contributed by atoms with van der Waals surface area (Å²) in [4.78, 5) is 28.1. The number of hydrogen-bond acceptors (Lipinski definition) is 4. The minimum atomic E-state index is -0.346. The molecule has 0 spiro atoms. The Morgan fingerprint density at radius 1 is 1.17 bits per heavy atom. The Morgan fingerprint density at radius 3 is 2.57 bits per heavy atom. The van der Waals surface area contributed by atoms with Gasteiger partial charge in [-0.15, -0.1) is 0 Å². The SMILES string of the molecule is CCCNC(=O)c1cc(C(=O)Nc2ccc(C#N)cc2)ccn1. The summed E-state index contributed by atoms with van der Waals surface area (Å²) in [5, 5.41) is 14.2. The first-order valence-corrected chi connectivity index (χ1v) is 7.20. The van der Waals surface area contributed by atoms with Crippen LogP contribution >= 0.6 is 0 Å². The predicted octanol–water partition coefficient (Wildman–Crippen LogP) is 2.35. The Kier molecular flexibility index (Phi) is 5.42. The molecule has 0 atom stereocenters. The smallest absolute Gasteiger partial charge is 0.269 e. The average molecular weight is 308 g/mol. The molecule has 6 heteroatoms. The molecule has 116 valence electrons. The van der Waals surface area contributed by atoms with Gasteiger partial charge in [-0.25, -0.2) is 0 Å². The summed E-state index contributed by atoms with van der Waals surface area (Å²) in [7, 11) is 0. The molecule has 0 saturated heterocycles. The maximum atomic E-state index is 12.2. The minimum Gasteiger partial charge on any atom is -0.351 e. The number of carbonyl (C=O) groups excluding carboxylic acids is 2. The summed E-state index contributed by atoms with van der Waals surface area (Å²) < 4.78 is 0. The maximum absolute atomic E-state index is 12.2. The van der Waals surface area contributed by atoms with Crippen LogP contribution in [0.5, 0.6) is 0 Å². The predicted molar refractivity (Wildman–Crippen MR) is 86.0 cm³/mol. The van der Waals surface area contributed by atoms with E-state index in [0.717, 1.165) is 6.42 Å². The Labute approximate surface area is 134 Å². The number of hydrogen-bond donors (Lipinski definition) is 2. The molecular formula is C17H16N4O2. The van der Waals surface area contributed by atoms with Crippen molar-refractivity contribution in [2.75, 3.05) is 11.9 Å². The molecule has 0 fully saturated rings. The lowest BCUT2D eigenvalue weighted by Gasteiger charge is -2.07. The Balaban J connectivity index is 2.10. The first-order valence-electron chi connectivity index (χ1n) is 7.20. The number of rotatable bonds is 5. The standard InChI is InChI=1S/C17H16N4O2/c1-2-8-20-17(23)15-10-13(7-9-19-15)16(22)21-14-5-3-12(11-18)4-6-14/h3-7,9-10H,2,8H2,1H3,(H,20,23)(H,21,22). The van der Waals surface area contributed by atoms with Gasteiger partial charge in [0.15, 0.2) is 0 Å². The topological polar surface area (TPSA) is 94.9 Å². The van der Waals surface area contributed by atoms with Gasteiger partial charge < -0.3 is 10.6 Å². The largest absolute Gasteiger partial charge is 0.351 e. The van der Waals surface area contributed by atoms with Crippen molar-refractivity contribution in [2.45, 2.75) is 13.3 Å². The van der Waals surface area contributed by atoms with E-state index in [4.69, 9.17) is 5.26 Å². The number of pyridine rings is 1. The number of nitriles is 1. The van der Waals surface area contributed by atoms with Gasteiger partial charge >= 0.3 is 0 Å². The van der Waals surface area contributed by atoms with E-state index >= 15 is 0 Å². The monoisotopic (exact) mass is 308 g/mol. The summed E-state index contributed by atoms with van der Waals surface area (Å²) in [6.07, 6.45) is 2.25. The van der Waals surface area contributed by atoms with E-state index in [1.165, 1.54) is 18.3 Å². The van der Waals surface area contributed by atoms with Crippen LogP contribution in [0.1, 0.15) is 39.8 Å². The fourth-order valence-corrected chi connectivity index (χ4v) is 1.86. The van der Waals surface area contributed by atoms with Crippen molar-refractivity contribution < 1.29 is 9.59 Å². The molecule has 2 aromatic rings.